The molecule has 8 heteroatoms. The van der Waals surface area contributed by atoms with Gasteiger partial charge in [0.2, 0.25) is 10.0 Å². The van der Waals surface area contributed by atoms with Gasteiger partial charge < -0.3 is 10.6 Å². The average molecular weight is 315 g/mol. The molecule has 7 nitrogen and oxygen atoms in total. The predicted molar refractivity (Wildman–Crippen MR) is 81.6 cm³/mol. The molecule has 1 aliphatic heterocycles. The fourth-order valence-electron chi connectivity index (χ4n) is 2.81. The zero-order valence-corrected chi connectivity index (χ0v) is 13.9. The van der Waals surface area contributed by atoms with Gasteiger partial charge in [0.15, 0.2) is 0 Å². The number of hydrogen-bond acceptors (Lipinski definition) is 5. The van der Waals surface area contributed by atoms with Crippen molar-refractivity contribution < 1.29 is 8.42 Å². The summed E-state index contributed by atoms with van der Waals surface area (Å²) in [4.78, 5) is 2.60. The first-order valence-electron chi connectivity index (χ1n) is 7.38. The lowest BCUT2D eigenvalue weighted by atomic mass is 10.4. The van der Waals surface area contributed by atoms with Crippen LogP contribution in [0, 0.1) is 13.8 Å². The number of nitrogens with zero attached hydrogens (tertiary/aromatic N) is 4. The second kappa shape index (κ2) is 6.43. The van der Waals surface area contributed by atoms with E-state index in [-0.39, 0.29) is 0 Å². The summed E-state index contributed by atoms with van der Waals surface area (Å²) >= 11 is 0. The Labute approximate surface area is 126 Å². The molecule has 2 N–H and O–H groups in total. The van der Waals surface area contributed by atoms with Crippen molar-refractivity contribution in [2.75, 3.05) is 39.3 Å². The largest absolute Gasteiger partial charge is 0.329 e. The number of piperazine rings is 1. The van der Waals surface area contributed by atoms with Crippen molar-refractivity contribution in [3.05, 3.63) is 11.4 Å². The van der Waals surface area contributed by atoms with Crippen molar-refractivity contribution in [1.82, 2.24) is 19.0 Å². The summed E-state index contributed by atoms with van der Waals surface area (Å²) < 4.78 is 29.0. The molecule has 0 aliphatic carbocycles. The van der Waals surface area contributed by atoms with Crippen LogP contribution in [0.15, 0.2) is 4.90 Å². The number of aromatic nitrogens is 2. The van der Waals surface area contributed by atoms with E-state index < -0.39 is 10.0 Å². The molecular weight excluding hydrogens is 290 g/mol. The van der Waals surface area contributed by atoms with Gasteiger partial charge in [0.05, 0.1) is 17.9 Å². The van der Waals surface area contributed by atoms with Gasteiger partial charge in [-0.15, -0.1) is 0 Å². The Bertz CT molecular complexity index is 588. The number of sulfonamides is 1. The molecule has 0 amide bonds. The van der Waals surface area contributed by atoms with Crippen LogP contribution in [0.4, 0.5) is 0 Å². The molecule has 2 rings (SSSR count). The Hall–Kier alpha value is -0.960. The number of nitrogens with two attached hydrogens (primary N) is 1. The van der Waals surface area contributed by atoms with Crippen LogP contribution in [0.3, 0.4) is 0 Å². The molecule has 1 fully saturated rings. The standard InChI is InChI=1S/C13H25N5O2S/c1-4-16-7-9-17(10-8-16)21(19,20)13-11(2)15-18(6-5-14)12(13)3/h4-10,14H2,1-3H3. The van der Waals surface area contributed by atoms with Crippen LogP contribution in [0.5, 0.6) is 0 Å². The van der Waals surface area contributed by atoms with E-state index in [2.05, 4.69) is 16.9 Å². The molecule has 1 saturated heterocycles. The Morgan fingerprint density at radius 3 is 2.33 bits per heavy atom. The highest BCUT2D eigenvalue weighted by atomic mass is 32.2. The lowest BCUT2D eigenvalue weighted by Gasteiger charge is -2.33. The van der Waals surface area contributed by atoms with Gasteiger partial charge in [0, 0.05) is 32.7 Å². The highest BCUT2D eigenvalue weighted by molar-refractivity contribution is 7.89. The monoisotopic (exact) mass is 315 g/mol. The van der Waals surface area contributed by atoms with E-state index in [0.29, 0.717) is 42.5 Å². The molecule has 21 heavy (non-hydrogen) atoms. The number of rotatable bonds is 5. The van der Waals surface area contributed by atoms with Gasteiger partial charge in [-0.1, -0.05) is 6.92 Å². The highest BCUT2D eigenvalue weighted by Gasteiger charge is 2.32. The number of aryl methyl sites for hydroxylation is 1. The first kappa shape index (κ1) is 16.4. The average Bonchev–Trinajstić information content (AvgIpc) is 2.74. The molecule has 1 aliphatic rings. The SMILES string of the molecule is CCN1CCN(S(=O)(=O)c2c(C)nn(CCN)c2C)CC1. The summed E-state index contributed by atoms with van der Waals surface area (Å²) in [5.74, 6) is 0. The number of hydrogen-bond donors (Lipinski definition) is 1. The minimum absolute atomic E-state index is 0.348. The minimum Gasteiger partial charge on any atom is -0.329 e. The first-order valence-corrected chi connectivity index (χ1v) is 8.82. The minimum atomic E-state index is -3.47. The lowest BCUT2D eigenvalue weighted by Crippen LogP contribution is -2.48. The third-order valence-electron chi connectivity index (χ3n) is 4.03. The zero-order chi connectivity index (χ0) is 15.6. The van der Waals surface area contributed by atoms with E-state index in [1.54, 1.807) is 22.8 Å². The summed E-state index contributed by atoms with van der Waals surface area (Å²) in [6.07, 6.45) is 0. The summed E-state index contributed by atoms with van der Waals surface area (Å²) in [6.45, 7) is 10.2. The van der Waals surface area contributed by atoms with E-state index in [0.717, 1.165) is 19.6 Å². The molecular formula is C13H25N5O2S. The molecule has 0 atom stereocenters. The molecule has 0 bridgehead atoms. The number of likely N-dealkylation sites (N-methyl/N-ethyl adjacent to an activating group) is 1. The van der Waals surface area contributed by atoms with Crippen molar-refractivity contribution in [1.29, 1.82) is 0 Å². The highest BCUT2D eigenvalue weighted by Crippen LogP contribution is 2.24. The third kappa shape index (κ3) is 3.13. The van der Waals surface area contributed by atoms with Crippen LogP contribution in [0.2, 0.25) is 0 Å². The van der Waals surface area contributed by atoms with Gasteiger partial charge in [-0.05, 0) is 20.4 Å². The molecule has 0 aromatic carbocycles. The summed E-state index contributed by atoms with van der Waals surface area (Å²) in [6, 6.07) is 0. The summed E-state index contributed by atoms with van der Waals surface area (Å²) in [7, 11) is -3.47. The van der Waals surface area contributed by atoms with Crippen molar-refractivity contribution in [3.63, 3.8) is 0 Å². The van der Waals surface area contributed by atoms with E-state index in [4.69, 9.17) is 5.73 Å². The van der Waals surface area contributed by atoms with Crippen LogP contribution in [-0.4, -0.2) is 66.7 Å². The van der Waals surface area contributed by atoms with Crippen molar-refractivity contribution in [3.8, 4) is 0 Å². The molecule has 0 saturated carbocycles. The molecule has 120 valence electrons. The smallest absolute Gasteiger partial charge is 0.246 e. The maximum Gasteiger partial charge on any atom is 0.246 e. The molecule has 1 aromatic heterocycles. The maximum absolute atomic E-state index is 12.9. The molecule has 1 aromatic rings. The van der Waals surface area contributed by atoms with Gasteiger partial charge in [-0.3, -0.25) is 4.68 Å². The third-order valence-corrected chi connectivity index (χ3v) is 6.18. The molecule has 0 radical (unpaired) electrons. The van der Waals surface area contributed by atoms with Gasteiger partial charge in [-0.25, -0.2) is 8.42 Å². The molecule has 0 unspecified atom stereocenters. The summed E-state index contributed by atoms with van der Waals surface area (Å²) in [5.41, 5.74) is 6.78. The van der Waals surface area contributed by atoms with Crippen molar-refractivity contribution in [2.45, 2.75) is 32.2 Å². The second-order valence-corrected chi connectivity index (χ2v) is 7.22. The van der Waals surface area contributed by atoms with Gasteiger partial charge in [0.1, 0.15) is 4.90 Å². The predicted octanol–water partition coefficient (Wildman–Crippen LogP) is -0.215. The Morgan fingerprint density at radius 2 is 1.81 bits per heavy atom. The van der Waals surface area contributed by atoms with E-state index in [1.165, 1.54) is 0 Å². The quantitative estimate of drug-likeness (QED) is 0.812. The van der Waals surface area contributed by atoms with Crippen LogP contribution in [0.25, 0.3) is 0 Å². The maximum atomic E-state index is 12.9. The van der Waals surface area contributed by atoms with Crippen molar-refractivity contribution >= 4 is 10.0 Å². The van der Waals surface area contributed by atoms with Gasteiger partial charge in [-0.2, -0.15) is 9.40 Å². The van der Waals surface area contributed by atoms with Crippen molar-refractivity contribution in [2.24, 2.45) is 5.73 Å². The topological polar surface area (TPSA) is 84.5 Å². The molecule has 2 heterocycles. The zero-order valence-electron chi connectivity index (χ0n) is 13.0. The van der Waals surface area contributed by atoms with Gasteiger partial charge in [0.25, 0.3) is 0 Å². The second-order valence-electron chi connectivity index (χ2n) is 5.35. The summed E-state index contributed by atoms with van der Waals surface area (Å²) in [5, 5.41) is 4.31. The van der Waals surface area contributed by atoms with Crippen LogP contribution in [0.1, 0.15) is 18.3 Å². The van der Waals surface area contributed by atoms with Crippen LogP contribution >= 0.6 is 0 Å². The van der Waals surface area contributed by atoms with E-state index >= 15 is 0 Å². The Morgan fingerprint density at radius 1 is 1.19 bits per heavy atom. The van der Waals surface area contributed by atoms with Gasteiger partial charge >= 0.3 is 0 Å². The van der Waals surface area contributed by atoms with E-state index in [9.17, 15) is 8.42 Å². The first-order chi connectivity index (χ1) is 9.91. The fraction of sp³-hybridized carbons (Fsp3) is 0.769. The lowest BCUT2D eigenvalue weighted by molar-refractivity contribution is 0.196. The fourth-order valence-corrected chi connectivity index (χ4v) is 4.60. The Balaban J connectivity index is 2.28. The van der Waals surface area contributed by atoms with E-state index in [1.807, 2.05) is 0 Å². The molecule has 0 spiro atoms. The van der Waals surface area contributed by atoms with Crippen LogP contribution < -0.4 is 5.73 Å². The Kier molecular flexibility index (Phi) is 5.03. The van der Waals surface area contributed by atoms with Crippen LogP contribution in [-0.2, 0) is 16.6 Å². The normalized spacial score (nSPS) is 18.3.